The van der Waals surface area contributed by atoms with Gasteiger partial charge in [0.25, 0.3) is 5.91 Å². The van der Waals surface area contributed by atoms with Crippen molar-refractivity contribution in [2.75, 3.05) is 36.4 Å². The van der Waals surface area contributed by atoms with E-state index in [-0.39, 0.29) is 5.91 Å². The molecule has 2 fully saturated rings. The zero-order valence-corrected chi connectivity index (χ0v) is 17.0. The number of nitrogens with zero attached hydrogens (tertiary/aromatic N) is 3. The lowest BCUT2D eigenvalue weighted by Crippen LogP contribution is -2.47. The van der Waals surface area contributed by atoms with Crippen LogP contribution in [0.25, 0.3) is 0 Å². The van der Waals surface area contributed by atoms with Gasteiger partial charge in [-0.15, -0.1) is 0 Å². The fourth-order valence-corrected chi connectivity index (χ4v) is 4.37. The van der Waals surface area contributed by atoms with E-state index in [1.165, 1.54) is 32.4 Å². The molecule has 27 heavy (non-hydrogen) atoms. The largest absolute Gasteiger partial charge is 0.354 e. The molecule has 1 amide bonds. The highest BCUT2D eigenvalue weighted by Crippen LogP contribution is 2.26. The van der Waals surface area contributed by atoms with Gasteiger partial charge in [-0.1, -0.05) is 15.9 Å². The van der Waals surface area contributed by atoms with E-state index in [4.69, 9.17) is 0 Å². The maximum atomic E-state index is 12.9. The summed E-state index contributed by atoms with van der Waals surface area (Å²) in [6.07, 6.45) is 6.78. The highest BCUT2D eigenvalue weighted by molar-refractivity contribution is 9.10. The number of nitrogens with one attached hydrogen (secondary N) is 1. The average Bonchev–Trinajstić information content (AvgIpc) is 3.25. The van der Waals surface area contributed by atoms with Crippen molar-refractivity contribution in [2.24, 2.45) is 0 Å². The Balaban J connectivity index is 1.51. The molecule has 0 saturated carbocycles. The number of likely N-dealkylation sites (tertiary alicyclic amines) is 1. The van der Waals surface area contributed by atoms with Crippen LogP contribution in [0.3, 0.4) is 0 Å². The number of pyridine rings is 1. The fraction of sp³-hybridized carbons (Fsp3) is 0.429. The molecular weight excluding hydrogens is 404 g/mol. The molecule has 1 aromatic heterocycles. The quantitative estimate of drug-likeness (QED) is 0.793. The maximum Gasteiger partial charge on any atom is 0.259 e. The van der Waals surface area contributed by atoms with Crippen LogP contribution in [0, 0.1) is 0 Å². The van der Waals surface area contributed by atoms with Gasteiger partial charge in [-0.05, 0) is 75.2 Å². The highest BCUT2D eigenvalue weighted by Gasteiger charge is 2.29. The number of carbonyl (C=O) groups is 1. The second-order valence-corrected chi connectivity index (χ2v) is 8.24. The summed E-state index contributed by atoms with van der Waals surface area (Å²) in [6, 6.07) is 11.9. The molecule has 0 radical (unpaired) electrons. The first kappa shape index (κ1) is 18.4. The number of carbonyl (C=O) groups excluding carboxylic acids is 1. The molecule has 2 aliphatic heterocycles. The lowest BCUT2D eigenvalue weighted by molar-refractivity contribution is 0.102. The summed E-state index contributed by atoms with van der Waals surface area (Å²) in [5.41, 5.74) is 1.43. The van der Waals surface area contributed by atoms with Crippen LogP contribution in [0.1, 0.15) is 36.0 Å². The molecular formula is C21H25BrN4O. The normalized spacial score (nSPS) is 20.6. The van der Waals surface area contributed by atoms with Gasteiger partial charge >= 0.3 is 0 Å². The predicted octanol–water partition coefficient (Wildman–Crippen LogP) is 4.16. The van der Waals surface area contributed by atoms with Gasteiger partial charge in [0.2, 0.25) is 0 Å². The average molecular weight is 429 g/mol. The molecule has 2 aromatic rings. The van der Waals surface area contributed by atoms with Crippen molar-refractivity contribution in [2.45, 2.75) is 31.7 Å². The number of anilines is 2. The van der Waals surface area contributed by atoms with Gasteiger partial charge in [0.05, 0.1) is 5.56 Å². The molecule has 1 N–H and O–H groups in total. The first-order valence-corrected chi connectivity index (χ1v) is 10.5. The lowest BCUT2D eigenvalue weighted by atomic mass is 10.0. The summed E-state index contributed by atoms with van der Waals surface area (Å²) in [4.78, 5) is 22.4. The van der Waals surface area contributed by atoms with E-state index in [1.807, 2.05) is 36.4 Å². The van der Waals surface area contributed by atoms with Crippen LogP contribution in [0.5, 0.6) is 0 Å². The van der Waals surface area contributed by atoms with Gasteiger partial charge in [-0.25, -0.2) is 4.98 Å². The number of rotatable bonds is 4. The molecule has 1 aromatic carbocycles. The van der Waals surface area contributed by atoms with Crippen LogP contribution in [0.15, 0.2) is 47.1 Å². The van der Waals surface area contributed by atoms with Crippen LogP contribution >= 0.6 is 15.9 Å². The first-order valence-electron chi connectivity index (χ1n) is 9.71. The second-order valence-electron chi connectivity index (χ2n) is 7.32. The van der Waals surface area contributed by atoms with Crippen LogP contribution in [-0.2, 0) is 0 Å². The zero-order valence-electron chi connectivity index (χ0n) is 15.4. The Kier molecular flexibility index (Phi) is 5.74. The Morgan fingerprint density at radius 2 is 1.85 bits per heavy atom. The van der Waals surface area contributed by atoms with E-state index in [0.29, 0.717) is 11.6 Å². The summed E-state index contributed by atoms with van der Waals surface area (Å²) in [7, 11) is 0. The number of amides is 1. The smallest absolute Gasteiger partial charge is 0.259 e. The molecule has 2 saturated heterocycles. The molecule has 0 aliphatic carbocycles. The summed E-state index contributed by atoms with van der Waals surface area (Å²) in [6.45, 7) is 4.32. The first-order chi connectivity index (χ1) is 13.2. The lowest BCUT2D eigenvalue weighted by Gasteiger charge is -2.38. The van der Waals surface area contributed by atoms with E-state index < -0.39 is 0 Å². The Bertz CT molecular complexity index is 789. The standard InChI is InChI=1S/C21H25BrN4O/c22-16-7-9-17(10-8-16)24-21(27)19-6-3-11-23-20(19)26-14-4-5-18(15-26)25-12-1-2-13-25/h3,6-11,18H,1-2,4-5,12-15H2,(H,24,27). The fourth-order valence-electron chi connectivity index (χ4n) is 4.11. The molecule has 5 nitrogen and oxygen atoms in total. The number of benzene rings is 1. The molecule has 6 heteroatoms. The van der Waals surface area contributed by atoms with Crippen LogP contribution in [-0.4, -0.2) is 48.0 Å². The number of aromatic nitrogens is 1. The molecule has 1 atom stereocenters. The molecule has 142 valence electrons. The van der Waals surface area contributed by atoms with E-state index >= 15 is 0 Å². The third kappa shape index (κ3) is 4.33. The summed E-state index contributed by atoms with van der Waals surface area (Å²) in [5, 5.41) is 2.99. The van der Waals surface area contributed by atoms with E-state index in [1.54, 1.807) is 6.20 Å². The summed E-state index contributed by atoms with van der Waals surface area (Å²) < 4.78 is 0.990. The van der Waals surface area contributed by atoms with Crippen molar-refractivity contribution in [1.82, 2.24) is 9.88 Å². The third-order valence-electron chi connectivity index (χ3n) is 5.49. The van der Waals surface area contributed by atoms with Crippen molar-refractivity contribution in [3.8, 4) is 0 Å². The number of piperidine rings is 1. The minimum atomic E-state index is -0.108. The maximum absolute atomic E-state index is 12.9. The minimum Gasteiger partial charge on any atom is -0.354 e. The SMILES string of the molecule is O=C(Nc1ccc(Br)cc1)c1cccnc1N1CCCC(N2CCCC2)C1. The predicted molar refractivity (Wildman–Crippen MR) is 112 cm³/mol. The van der Waals surface area contributed by atoms with E-state index in [9.17, 15) is 4.79 Å². The van der Waals surface area contributed by atoms with Gasteiger partial charge < -0.3 is 10.2 Å². The van der Waals surface area contributed by atoms with Gasteiger partial charge in [-0.3, -0.25) is 9.69 Å². The Morgan fingerprint density at radius 3 is 2.63 bits per heavy atom. The Morgan fingerprint density at radius 1 is 1.07 bits per heavy atom. The van der Waals surface area contributed by atoms with Crippen LogP contribution in [0.2, 0.25) is 0 Å². The number of hydrogen-bond donors (Lipinski definition) is 1. The minimum absolute atomic E-state index is 0.108. The number of hydrogen-bond acceptors (Lipinski definition) is 4. The molecule has 0 spiro atoms. The molecule has 2 aliphatic rings. The highest BCUT2D eigenvalue weighted by atomic mass is 79.9. The van der Waals surface area contributed by atoms with Crippen LogP contribution < -0.4 is 10.2 Å². The molecule has 1 unspecified atom stereocenters. The Labute approximate surface area is 168 Å². The number of halogens is 1. The Hall–Kier alpha value is -1.92. The summed E-state index contributed by atoms with van der Waals surface area (Å²) >= 11 is 3.42. The summed E-state index contributed by atoms with van der Waals surface area (Å²) in [5.74, 6) is 0.694. The van der Waals surface area contributed by atoms with E-state index in [0.717, 1.165) is 35.5 Å². The van der Waals surface area contributed by atoms with Gasteiger partial charge in [0, 0.05) is 35.5 Å². The van der Waals surface area contributed by atoms with E-state index in [2.05, 4.69) is 36.0 Å². The van der Waals surface area contributed by atoms with Crippen molar-refractivity contribution >= 4 is 33.3 Å². The molecule has 3 heterocycles. The van der Waals surface area contributed by atoms with Crippen LogP contribution in [0.4, 0.5) is 11.5 Å². The van der Waals surface area contributed by atoms with Crippen molar-refractivity contribution in [3.63, 3.8) is 0 Å². The second kappa shape index (κ2) is 8.40. The van der Waals surface area contributed by atoms with Gasteiger partial charge in [0.15, 0.2) is 0 Å². The monoisotopic (exact) mass is 428 g/mol. The zero-order chi connectivity index (χ0) is 18.6. The van der Waals surface area contributed by atoms with Crippen molar-refractivity contribution in [1.29, 1.82) is 0 Å². The van der Waals surface area contributed by atoms with Crippen molar-refractivity contribution < 1.29 is 4.79 Å². The van der Waals surface area contributed by atoms with Gasteiger partial charge in [0.1, 0.15) is 5.82 Å². The third-order valence-corrected chi connectivity index (χ3v) is 6.02. The van der Waals surface area contributed by atoms with Gasteiger partial charge in [-0.2, -0.15) is 0 Å². The van der Waals surface area contributed by atoms with Crippen molar-refractivity contribution in [3.05, 3.63) is 52.6 Å². The topological polar surface area (TPSA) is 48.5 Å². The molecule has 0 bridgehead atoms. The molecule has 4 rings (SSSR count).